The highest BCUT2D eigenvalue weighted by atomic mass is 15.1. The molecule has 0 spiro atoms. The first kappa shape index (κ1) is 22.4. The van der Waals surface area contributed by atoms with Gasteiger partial charge >= 0.3 is 0 Å². The largest absolute Gasteiger partial charge is 0.310 e. The number of anilines is 3. The van der Waals surface area contributed by atoms with Crippen molar-refractivity contribution in [1.82, 2.24) is 0 Å². The minimum absolute atomic E-state index is 1.13. The van der Waals surface area contributed by atoms with Gasteiger partial charge in [-0.25, -0.2) is 0 Å². The molecule has 0 aliphatic heterocycles. The molecule has 170 valence electrons. The van der Waals surface area contributed by atoms with Crippen molar-refractivity contribution in [3.05, 3.63) is 150 Å². The first-order chi connectivity index (χ1) is 17.2. The van der Waals surface area contributed by atoms with Gasteiger partial charge in [0.05, 0.1) is 0 Å². The first-order valence-electron chi connectivity index (χ1n) is 12.0. The number of rotatable bonds is 6. The summed E-state index contributed by atoms with van der Waals surface area (Å²) in [6, 6.07) is 45.3. The molecule has 0 amide bonds. The SMILES string of the molecule is Cc1ccc(N(c2ccc(C)cc2)c2ccc(-c3ccccc3)c(C=Cc3ccccc3)c2)cc1. The van der Waals surface area contributed by atoms with Gasteiger partial charge in [0.2, 0.25) is 0 Å². The summed E-state index contributed by atoms with van der Waals surface area (Å²) in [6.45, 7) is 4.25. The Morgan fingerprint density at radius 3 is 1.57 bits per heavy atom. The Balaban J connectivity index is 1.65. The van der Waals surface area contributed by atoms with E-state index in [9.17, 15) is 0 Å². The highest BCUT2D eigenvalue weighted by Crippen LogP contribution is 2.38. The van der Waals surface area contributed by atoms with E-state index < -0.39 is 0 Å². The van der Waals surface area contributed by atoms with Crippen LogP contribution in [0.25, 0.3) is 23.3 Å². The summed E-state index contributed by atoms with van der Waals surface area (Å²) in [6.07, 6.45) is 4.41. The topological polar surface area (TPSA) is 3.24 Å². The summed E-state index contributed by atoms with van der Waals surface area (Å²) >= 11 is 0. The summed E-state index contributed by atoms with van der Waals surface area (Å²) in [7, 11) is 0. The lowest BCUT2D eigenvalue weighted by Gasteiger charge is -2.26. The third-order valence-corrected chi connectivity index (χ3v) is 6.22. The predicted molar refractivity (Wildman–Crippen MR) is 151 cm³/mol. The molecule has 0 bridgehead atoms. The van der Waals surface area contributed by atoms with Crippen molar-refractivity contribution in [2.24, 2.45) is 0 Å². The second kappa shape index (κ2) is 10.3. The summed E-state index contributed by atoms with van der Waals surface area (Å²) in [4.78, 5) is 2.33. The maximum absolute atomic E-state index is 2.33. The van der Waals surface area contributed by atoms with Gasteiger partial charge in [-0.05, 0) is 72.5 Å². The highest BCUT2D eigenvalue weighted by molar-refractivity contribution is 5.86. The average Bonchev–Trinajstić information content (AvgIpc) is 2.91. The van der Waals surface area contributed by atoms with Crippen LogP contribution in [-0.2, 0) is 0 Å². The van der Waals surface area contributed by atoms with E-state index in [2.05, 4.69) is 152 Å². The van der Waals surface area contributed by atoms with Crippen molar-refractivity contribution < 1.29 is 0 Å². The van der Waals surface area contributed by atoms with Gasteiger partial charge in [-0.3, -0.25) is 0 Å². The fraction of sp³-hybridized carbons (Fsp3) is 0.0588. The smallest absolute Gasteiger partial charge is 0.0468 e. The predicted octanol–water partition coefficient (Wildman–Crippen LogP) is 9.61. The molecular formula is C34H29N. The molecule has 0 unspecified atom stereocenters. The van der Waals surface area contributed by atoms with Crippen LogP contribution in [0.5, 0.6) is 0 Å². The van der Waals surface area contributed by atoms with E-state index in [-0.39, 0.29) is 0 Å². The molecule has 0 fully saturated rings. The van der Waals surface area contributed by atoms with E-state index in [0.717, 1.165) is 17.1 Å². The van der Waals surface area contributed by atoms with Crippen LogP contribution in [0.15, 0.2) is 127 Å². The Hall–Kier alpha value is -4.36. The van der Waals surface area contributed by atoms with Gasteiger partial charge in [-0.2, -0.15) is 0 Å². The molecule has 0 aliphatic carbocycles. The van der Waals surface area contributed by atoms with Gasteiger partial charge in [0.25, 0.3) is 0 Å². The highest BCUT2D eigenvalue weighted by Gasteiger charge is 2.14. The van der Waals surface area contributed by atoms with E-state index in [4.69, 9.17) is 0 Å². The van der Waals surface area contributed by atoms with Gasteiger partial charge in [0.15, 0.2) is 0 Å². The van der Waals surface area contributed by atoms with Crippen LogP contribution in [0.4, 0.5) is 17.1 Å². The van der Waals surface area contributed by atoms with E-state index in [1.165, 1.54) is 33.4 Å². The summed E-state index contributed by atoms with van der Waals surface area (Å²) in [5.41, 5.74) is 10.7. The lowest BCUT2D eigenvalue weighted by molar-refractivity contribution is 1.27. The van der Waals surface area contributed by atoms with Crippen LogP contribution in [0, 0.1) is 13.8 Å². The summed E-state index contributed by atoms with van der Waals surface area (Å²) < 4.78 is 0. The zero-order chi connectivity index (χ0) is 24.0. The van der Waals surface area contributed by atoms with Gasteiger partial charge in [-0.15, -0.1) is 0 Å². The van der Waals surface area contributed by atoms with Crippen molar-refractivity contribution >= 4 is 29.2 Å². The van der Waals surface area contributed by atoms with E-state index in [1.807, 2.05) is 6.07 Å². The molecule has 35 heavy (non-hydrogen) atoms. The van der Waals surface area contributed by atoms with Crippen molar-refractivity contribution in [3.8, 4) is 11.1 Å². The monoisotopic (exact) mass is 451 g/mol. The zero-order valence-corrected chi connectivity index (χ0v) is 20.2. The van der Waals surface area contributed by atoms with E-state index >= 15 is 0 Å². The third kappa shape index (κ3) is 5.26. The molecule has 0 aliphatic rings. The molecule has 0 aromatic heterocycles. The molecule has 0 radical (unpaired) electrons. The summed E-state index contributed by atoms with van der Waals surface area (Å²) in [5.74, 6) is 0. The van der Waals surface area contributed by atoms with Gasteiger partial charge < -0.3 is 4.90 Å². The van der Waals surface area contributed by atoms with E-state index in [0.29, 0.717) is 0 Å². The number of benzene rings is 5. The normalized spacial score (nSPS) is 11.0. The molecule has 5 aromatic carbocycles. The van der Waals surface area contributed by atoms with Gasteiger partial charge in [0, 0.05) is 17.1 Å². The van der Waals surface area contributed by atoms with Gasteiger partial charge in [-0.1, -0.05) is 114 Å². The Labute approximate surface area is 208 Å². The standard InChI is InChI=1S/C34H29N/c1-26-13-19-31(20-14-26)35(32-21-15-27(2)16-22-32)33-23-24-34(29-11-7-4-8-12-29)30(25-33)18-17-28-9-5-3-6-10-28/h3-25H,1-2H3. The Kier molecular flexibility index (Phi) is 6.59. The number of nitrogens with zero attached hydrogens (tertiary/aromatic N) is 1. The molecule has 1 heteroatoms. The fourth-order valence-corrected chi connectivity index (χ4v) is 4.29. The fourth-order valence-electron chi connectivity index (χ4n) is 4.29. The quantitative estimate of drug-likeness (QED) is 0.232. The minimum Gasteiger partial charge on any atom is -0.310 e. The third-order valence-electron chi connectivity index (χ3n) is 6.22. The van der Waals surface area contributed by atoms with Crippen molar-refractivity contribution in [1.29, 1.82) is 0 Å². The molecule has 0 N–H and O–H groups in total. The van der Waals surface area contributed by atoms with Crippen LogP contribution < -0.4 is 4.90 Å². The maximum Gasteiger partial charge on any atom is 0.0468 e. The molecule has 0 saturated heterocycles. The Morgan fingerprint density at radius 1 is 0.486 bits per heavy atom. The minimum atomic E-state index is 1.13. The molecule has 0 saturated carbocycles. The summed E-state index contributed by atoms with van der Waals surface area (Å²) in [5, 5.41) is 0. The van der Waals surface area contributed by atoms with Crippen LogP contribution in [0.3, 0.4) is 0 Å². The maximum atomic E-state index is 2.33. The molecule has 5 rings (SSSR count). The van der Waals surface area contributed by atoms with Gasteiger partial charge in [0.1, 0.15) is 0 Å². The van der Waals surface area contributed by atoms with Crippen LogP contribution in [-0.4, -0.2) is 0 Å². The second-order valence-electron chi connectivity index (χ2n) is 8.89. The number of hydrogen-bond donors (Lipinski definition) is 0. The number of hydrogen-bond acceptors (Lipinski definition) is 1. The average molecular weight is 452 g/mol. The van der Waals surface area contributed by atoms with Crippen LogP contribution >= 0.6 is 0 Å². The lowest BCUT2D eigenvalue weighted by atomic mass is 9.97. The van der Waals surface area contributed by atoms with Crippen LogP contribution in [0.1, 0.15) is 22.3 Å². The first-order valence-corrected chi connectivity index (χ1v) is 12.0. The Bertz CT molecular complexity index is 1370. The molecular weight excluding hydrogens is 422 g/mol. The zero-order valence-electron chi connectivity index (χ0n) is 20.2. The lowest BCUT2D eigenvalue weighted by Crippen LogP contribution is -2.10. The van der Waals surface area contributed by atoms with Crippen molar-refractivity contribution in [2.75, 3.05) is 4.90 Å². The molecule has 0 heterocycles. The van der Waals surface area contributed by atoms with Crippen molar-refractivity contribution in [3.63, 3.8) is 0 Å². The molecule has 5 aromatic rings. The van der Waals surface area contributed by atoms with E-state index in [1.54, 1.807) is 0 Å². The van der Waals surface area contributed by atoms with Crippen molar-refractivity contribution in [2.45, 2.75) is 13.8 Å². The second-order valence-corrected chi connectivity index (χ2v) is 8.89. The number of aryl methyl sites for hydroxylation is 2. The molecule has 0 atom stereocenters. The van der Waals surface area contributed by atoms with Crippen LogP contribution in [0.2, 0.25) is 0 Å². The Morgan fingerprint density at radius 2 is 1.00 bits per heavy atom. The molecule has 1 nitrogen and oxygen atoms in total.